The van der Waals surface area contributed by atoms with Crippen LogP contribution < -0.4 is 15.1 Å². The van der Waals surface area contributed by atoms with Crippen molar-refractivity contribution >= 4 is 39.0 Å². The highest BCUT2D eigenvalue weighted by atomic mass is 32.1. The topological polar surface area (TPSA) is 62.6 Å². The smallest absolute Gasteiger partial charge is 0.266 e. The third kappa shape index (κ3) is 3.95. The molecular weight excluding hydrogens is 389 g/mol. The standard InChI is InChI=1S/C21H24FN5OS/c1-3-8-26-9-11-27(12-10-26)19-17-14(2)18(29-21(17)24-13-23-19)20(28)25-16-7-5-4-6-15(16)22/h4-7,13H,3,8-12H2,1-2H3,(H,25,28)/p+1. The quantitative estimate of drug-likeness (QED) is 0.674. The molecule has 1 aliphatic rings. The van der Waals surface area contributed by atoms with Crippen molar-refractivity contribution in [3.63, 3.8) is 0 Å². The van der Waals surface area contributed by atoms with Gasteiger partial charge in [-0.25, -0.2) is 14.4 Å². The highest BCUT2D eigenvalue weighted by molar-refractivity contribution is 7.20. The lowest BCUT2D eigenvalue weighted by Crippen LogP contribution is -3.14. The Morgan fingerprint density at radius 1 is 1.28 bits per heavy atom. The number of aromatic nitrogens is 2. The predicted molar refractivity (Wildman–Crippen MR) is 115 cm³/mol. The Kier molecular flexibility index (Phi) is 5.73. The van der Waals surface area contributed by atoms with Gasteiger partial charge >= 0.3 is 0 Å². The van der Waals surface area contributed by atoms with Crippen LogP contribution in [-0.4, -0.2) is 48.6 Å². The first-order valence-electron chi connectivity index (χ1n) is 9.97. The molecule has 0 aliphatic carbocycles. The molecule has 0 unspecified atom stereocenters. The summed E-state index contributed by atoms with van der Waals surface area (Å²) in [4.78, 5) is 27.0. The summed E-state index contributed by atoms with van der Waals surface area (Å²) in [5, 5.41) is 3.60. The van der Waals surface area contributed by atoms with Crippen LogP contribution >= 0.6 is 11.3 Å². The van der Waals surface area contributed by atoms with Crippen molar-refractivity contribution in [1.29, 1.82) is 0 Å². The van der Waals surface area contributed by atoms with Crippen LogP contribution in [0.2, 0.25) is 0 Å². The van der Waals surface area contributed by atoms with Gasteiger partial charge in [0.05, 0.1) is 48.7 Å². The van der Waals surface area contributed by atoms with Crippen molar-refractivity contribution in [3.05, 3.63) is 46.9 Å². The molecule has 0 saturated carbocycles. The highest BCUT2D eigenvalue weighted by Crippen LogP contribution is 2.35. The van der Waals surface area contributed by atoms with Crippen LogP contribution in [-0.2, 0) is 0 Å². The molecule has 8 heteroatoms. The van der Waals surface area contributed by atoms with Crippen LogP contribution in [0.1, 0.15) is 28.6 Å². The second-order valence-electron chi connectivity index (χ2n) is 7.35. The minimum atomic E-state index is -0.451. The number of fused-ring (bicyclic) bond motifs is 1. The van der Waals surface area contributed by atoms with Crippen molar-refractivity contribution in [3.8, 4) is 0 Å². The minimum Gasteiger partial charge on any atom is -0.345 e. The molecule has 6 nitrogen and oxygen atoms in total. The van der Waals surface area contributed by atoms with E-state index in [4.69, 9.17) is 0 Å². The largest absolute Gasteiger partial charge is 0.345 e. The van der Waals surface area contributed by atoms with E-state index in [0.29, 0.717) is 4.88 Å². The molecule has 0 spiro atoms. The molecule has 1 amide bonds. The molecule has 2 aromatic heterocycles. The van der Waals surface area contributed by atoms with E-state index in [-0.39, 0.29) is 11.6 Å². The molecule has 4 rings (SSSR count). The number of para-hydroxylation sites is 1. The predicted octanol–water partition coefficient (Wildman–Crippen LogP) is 2.51. The number of carbonyl (C=O) groups excluding carboxylic acids is 1. The second-order valence-corrected chi connectivity index (χ2v) is 8.35. The van der Waals surface area contributed by atoms with Crippen molar-refractivity contribution in [2.24, 2.45) is 0 Å². The Bertz CT molecular complexity index is 1030. The first-order chi connectivity index (χ1) is 14.1. The first-order valence-corrected chi connectivity index (χ1v) is 10.8. The summed E-state index contributed by atoms with van der Waals surface area (Å²) < 4.78 is 13.9. The Balaban J connectivity index is 1.62. The summed E-state index contributed by atoms with van der Waals surface area (Å²) in [7, 11) is 0. The number of halogens is 1. The van der Waals surface area contributed by atoms with Crippen molar-refractivity contribution in [2.75, 3.05) is 42.9 Å². The van der Waals surface area contributed by atoms with Crippen LogP contribution in [0, 0.1) is 12.7 Å². The van der Waals surface area contributed by atoms with E-state index in [0.717, 1.165) is 47.8 Å². The van der Waals surface area contributed by atoms with E-state index in [9.17, 15) is 9.18 Å². The van der Waals surface area contributed by atoms with Gasteiger partial charge in [0.2, 0.25) is 0 Å². The maximum atomic E-state index is 13.9. The third-order valence-electron chi connectivity index (χ3n) is 5.41. The lowest BCUT2D eigenvalue weighted by Gasteiger charge is -2.33. The summed E-state index contributed by atoms with van der Waals surface area (Å²) >= 11 is 1.33. The zero-order valence-corrected chi connectivity index (χ0v) is 17.5. The van der Waals surface area contributed by atoms with Crippen LogP contribution in [0.4, 0.5) is 15.9 Å². The second kappa shape index (κ2) is 8.42. The number of nitrogens with one attached hydrogen (secondary N) is 2. The number of benzene rings is 1. The third-order valence-corrected chi connectivity index (χ3v) is 6.61. The monoisotopic (exact) mass is 414 g/mol. The molecule has 1 aromatic carbocycles. The Labute approximate surface area is 173 Å². The van der Waals surface area contributed by atoms with Gasteiger partial charge < -0.3 is 15.1 Å². The molecular formula is C21H25FN5OS+. The van der Waals surface area contributed by atoms with Crippen LogP contribution in [0.5, 0.6) is 0 Å². The average molecular weight is 415 g/mol. The molecule has 29 heavy (non-hydrogen) atoms. The summed E-state index contributed by atoms with van der Waals surface area (Å²) in [5.74, 6) is 0.121. The maximum absolute atomic E-state index is 13.9. The van der Waals surface area contributed by atoms with E-state index in [2.05, 4.69) is 27.1 Å². The van der Waals surface area contributed by atoms with Gasteiger partial charge in [0, 0.05) is 0 Å². The molecule has 0 radical (unpaired) electrons. The number of hydrogen-bond donors (Lipinski definition) is 2. The number of piperazine rings is 1. The fourth-order valence-corrected chi connectivity index (χ4v) is 4.93. The maximum Gasteiger partial charge on any atom is 0.266 e. The van der Waals surface area contributed by atoms with E-state index >= 15 is 0 Å². The fourth-order valence-electron chi connectivity index (χ4n) is 3.89. The van der Waals surface area contributed by atoms with E-state index in [1.807, 2.05) is 6.92 Å². The average Bonchev–Trinajstić information content (AvgIpc) is 3.07. The molecule has 0 atom stereocenters. The number of amides is 1. The highest BCUT2D eigenvalue weighted by Gasteiger charge is 2.25. The lowest BCUT2D eigenvalue weighted by atomic mass is 10.1. The van der Waals surface area contributed by atoms with Crippen LogP contribution in [0.15, 0.2) is 30.6 Å². The van der Waals surface area contributed by atoms with Crippen molar-refractivity contribution in [1.82, 2.24) is 9.97 Å². The summed E-state index contributed by atoms with van der Waals surface area (Å²) in [6.07, 6.45) is 2.76. The van der Waals surface area contributed by atoms with Crippen molar-refractivity contribution in [2.45, 2.75) is 20.3 Å². The number of aryl methyl sites for hydroxylation is 1. The molecule has 1 saturated heterocycles. The zero-order valence-electron chi connectivity index (χ0n) is 16.7. The SMILES string of the molecule is CCC[NH+]1CCN(c2ncnc3sc(C(=O)Nc4ccccc4F)c(C)c23)CC1. The van der Waals surface area contributed by atoms with Gasteiger partial charge in [-0.2, -0.15) is 0 Å². The normalized spacial score (nSPS) is 15.1. The molecule has 1 aliphatic heterocycles. The molecule has 2 N–H and O–H groups in total. The van der Waals surface area contributed by atoms with E-state index < -0.39 is 5.82 Å². The summed E-state index contributed by atoms with van der Waals surface area (Å²) in [6.45, 7) is 9.38. The zero-order chi connectivity index (χ0) is 20.4. The molecule has 0 bridgehead atoms. The number of thiophene rings is 1. The Morgan fingerprint density at radius 3 is 2.76 bits per heavy atom. The van der Waals surface area contributed by atoms with Gasteiger partial charge in [0.1, 0.15) is 22.8 Å². The lowest BCUT2D eigenvalue weighted by molar-refractivity contribution is -0.900. The molecule has 3 aromatic rings. The number of anilines is 2. The van der Waals surface area contributed by atoms with Gasteiger partial charge in [-0.1, -0.05) is 19.1 Å². The van der Waals surface area contributed by atoms with Gasteiger partial charge in [-0.05, 0) is 31.0 Å². The fraction of sp³-hybridized carbons (Fsp3) is 0.381. The number of nitrogens with zero attached hydrogens (tertiary/aromatic N) is 3. The molecule has 152 valence electrons. The number of rotatable bonds is 5. The van der Waals surface area contributed by atoms with Crippen molar-refractivity contribution < 1.29 is 14.1 Å². The molecule has 1 fully saturated rings. The summed E-state index contributed by atoms with van der Waals surface area (Å²) in [5.41, 5.74) is 1.02. The number of carbonyl (C=O) groups is 1. The Morgan fingerprint density at radius 2 is 2.03 bits per heavy atom. The van der Waals surface area contributed by atoms with Gasteiger partial charge in [-0.3, -0.25) is 4.79 Å². The first kappa shape index (κ1) is 19.7. The van der Waals surface area contributed by atoms with E-state index in [1.54, 1.807) is 29.4 Å². The van der Waals surface area contributed by atoms with Gasteiger partial charge in [0.25, 0.3) is 5.91 Å². The van der Waals surface area contributed by atoms with Gasteiger partial charge in [-0.15, -0.1) is 11.3 Å². The Hall–Kier alpha value is -2.58. The number of hydrogen-bond acceptors (Lipinski definition) is 5. The molecule has 3 heterocycles. The van der Waals surface area contributed by atoms with Crippen LogP contribution in [0.3, 0.4) is 0 Å². The van der Waals surface area contributed by atoms with Gasteiger partial charge in [0.15, 0.2) is 0 Å². The van der Waals surface area contributed by atoms with Crippen LogP contribution in [0.25, 0.3) is 10.2 Å². The van der Waals surface area contributed by atoms with E-state index in [1.165, 1.54) is 30.4 Å². The number of quaternary nitrogens is 1. The minimum absolute atomic E-state index is 0.177. The summed E-state index contributed by atoms with van der Waals surface area (Å²) in [6, 6.07) is 6.18.